The van der Waals surface area contributed by atoms with Crippen LogP contribution in [0, 0.1) is 5.82 Å². The van der Waals surface area contributed by atoms with Gasteiger partial charge in [0.25, 0.3) is 0 Å². The largest absolute Gasteiger partial charge is 0.287 e. The summed E-state index contributed by atoms with van der Waals surface area (Å²) in [7, 11) is 0. The van der Waals surface area contributed by atoms with Gasteiger partial charge in [-0.15, -0.1) is 0 Å². The molecule has 0 spiro atoms. The molecular formula is C16H11FN2O. The van der Waals surface area contributed by atoms with Gasteiger partial charge in [-0.3, -0.25) is 4.79 Å². The molecule has 0 unspecified atom stereocenters. The van der Waals surface area contributed by atoms with E-state index in [9.17, 15) is 9.18 Å². The van der Waals surface area contributed by atoms with E-state index >= 15 is 0 Å². The average Bonchev–Trinajstić information content (AvgIpc) is 2.97. The SMILES string of the molecule is O=C(c1cccc(F)c1)c1ccn(-c2ccccc2)n1. The minimum Gasteiger partial charge on any atom is -0.287 e. The molecule has 3 nitrogen and oxygen atoms in total. The van der Waals surface area contributed by atoms with Crippen molar-refractivity contribution in [2.75, 3.05) is 0 Å². The number of ketones is 1. The zero-order valence-electron chi connectivity index (χ0n) is 10.5. The Hall–Kier alpha value is -2.75. The van der Waals surface area contributed by atoms with Gasteiger partial charge < -0.3 is 0 Å². The van der Waals surface area contributed by atoms with Crippen LogP contribution in [0.15, 0.2) is 66.9 Å². The summed E-state index contributed by atoms with van der Waals surface area (Å²) in [5, 5.41) is 4.23. The smallest absolute Gasteiger partial charge is 0.213 e. The van der Waals surface area contributed by atoms with Crippen LogP contribution in [0.4, 0.5) is 4.39 Å². The second kappa shape index (κ2) is 5.09. The van der Waals surface area contributed by atoms with Crippen LogP contribution < -0.4 is 0 Å². The minimum absolute atomic E-state index is 0.291. The van der Waals surface area contributed by atoms with Crippen LogP contribution >= 0.6 is 0 Å². The highest BCUT2D eigenvalue weighted by molar-refractivity contribution is 6.07. The standard InChI is InChI=1S/C16H11FN2O/c17-13-6-4-5-12(11-13)16(20)15-9-10-19(18-15)14-7-2-1-3-8-14/h1-11H. The number of nitrogens with zero attached hydrogens (tertiary/aromatic N) is 2. The molecule has 0 N–H and O–H groups in total. The van der Waals surface area contributed by atoms with Crippen LogP contribution in [0.3, 0.4) is 0 Å². The number of rotatable bonds is 3. The van der Waals surface area contributed by atoms with Gasteiger partial charge in [-0.25, -0.2) is 9.07 Å². The summed E-state index contributed by atoms with van der Waals surface area (Å²) in [5.41, 5.74) is 1.45. The first-order valence-electron chi connectivity index (χ1n) is 6.15. The highest BCUT2D eigenvalue weighted by atomic mass is 19.1. The first kappa shape index (κ1) is 12.3. The van der Waals surface area contributed by atoms with E-state index in [4.69, 9.17) is 0 Å². The molecular weight excluding hydrogens is 255 g/mol. The molecule has 1 heterocycles. The molecule has 3 aromatic rings. The Kier molecular flexibility index (Phi) is 3.13. The number of aromatic nitrogens is 2. The summed E-state index contributed by atoms with van der Waals surface area (Å²) >= 11 is 0. The first-order valence-corrected chi connectivity index (χ1v) is 6.15. The molecule has 0 saturated carbocycles. The topological polar surface area (TPSA) is 34.9 Å². The fourth-order valence-corrected chi connectivity index (χ4v) is 1.95. The Morgan fingerprint density at radius 1 is 1.00 bits per heavy atom. The van der Waals surface area contributed by atoms with Crippen molar-refractivity contribution in [1.82, 2.24) is 9.78 Å². The Bertz CT molecular complexity index is 750. The molecule has 1 aromatic heterocycles. The maximum Gasteiger partial charge on any atom is 0.213 e. The predicted octanol–water partition coefficient (Wildman–Crippen LogP) is 3.24. The first-order chi connectivity index (χ1) is 9.74. The van der Waals surface area contributed by atoms with Gasteiger partial charge in [0.2, 0.25) is 5.78 Å². The van der Waals surface area contributed by atoms with E-state index in [1.54, 1.807) is 23.0 Å². The highest BCUT2D eigenvalue weighted by Crippen LogP contribution is 2.12. The summed E-state index contributed by atoms with van der Waals surface area (Å²) in [6.45, 7) is 0. The second-order valence-corrected chi connectivity index (χ2v) is 4.32. The summed E-state index contributed by atoms with van der Waals surface area (Å²) in [6.07, 6.45) is 1.71. The number of carbonyl (C=O) groups is 1. The molecule has 0 fully saturated rings. The van der Waals surface area contributed by atoms with E-state index < -0.39 is 5.82 Å². The summed E-state index contributed by atoms with van der Waals surface area (Å²) in [4.78, 5) is 12.2. The van der Waals surface area contributed by atoms with Crippen LogP contribution in [-0.4, -0.2) is 15.6 Å². The molecule has 0 atom stereocenters. The van der Waals surface area contributed by atoms with Gasteiger partial charge in [-0.05, 0) is 30.3 Å². The molecule has 0 radical (unpaired) electrons. The molecule has 0 bridgehead atoms. The fourth-order valence-electron chi connectivity index (χ4n) is 1.95. The van der Waals surface area contributed by atoms with Crippen LogP contribution in [-0.2, 0) is 0 Å². The van der Waals surface area contributed by atoms with Crippen molar-refractivity contribution in [2.45, 2.75) is 0 Å². The van der Waals surface area contributed by atoms with E-state index in [-0.39, 0.29) is 5.78 Å². The molecule has 3 rings (SSSR count). The van der Waals surface area contributed by atoms with Gasteiger partial charge in [-0.1, -0.05) is 30.3 Å². The van der Waals surface area contributed by atoms with Crippen molar-refractivity contribution in [1.29, 1.82) is 0 Å². The zero-order chi connectivity index (χ0) is 13.9. The maximum atomic E-state index is 13.1. The van der Waals surface area contributed by atoms with E-state index in [2.05, 4.69) is 5.10 Å². The van der Waals surface area contributed by atoms with E-state index in [0.717, 1.165) is 5.69 Å². The van der Waals surface area contributed by atoms with Crippen molar-refractivity contribution in [3.8, 4) is 5.69 Å². The highest BCUT2D eigenvalue weighted by Gasteiger charge is 2.13. The fraction of sp³-hybridized carbons (Fsp3) is 0. The molecule has 0 aliphatic heterocycles. The van der Waals surface area contributed by atoms with Crippen LogP contribution in [0.25, 0.3) is 5.69 Å². The Labute approximate surface area is 115 Å². The van der Waals surface area contributed by atoms with E-state index in [1.165, 1.54) is 18.2 Å². The van der Waals surface area contributed by atoms with Crippen LogP contribution in [0.2, 0.25) is 0 Å². The second-order valence-electron chi connectivity index (χ2n) is 4.32. The third kappa shape index (κ3) is 2.36. The Balaban J connectivity index is 1.93. The number of hydrogen-bond donors (Lipinski definition) is 0. The third-order valence-corrected chi connectivity index (χ3v) is 2.93. The van der Waals surface area contributed by atoms with Crippen molar-refractivity contribution in [2.24, 2.45) is 0 Å². The van der Waals surface area contributed by atoms with Gasteiger partial charge in [0, 0.05) is 11.8 Å². The zero-order valence-corrected chi connectivity index (χ0v) is 10.5. The summed E-state index contributed by atoms with van der Waals surface area (Å²) < 4.78 is 14.8. The lowest BCUT2D eigenvalue weighted by Crippen LogP contribution is -2.04. The Morgan fingerprint density at radius 2 is 1.80 bits per heavy atom. The van der Waals surface area contributed by atoms with Gasteiger partial charge in [0.15, 0.2) is 0 Å². The van der Waals surface area contributed by atoms with Crippen molar-refractivity contribution >= 4 is 5.78 Å². The normalized spacial score (nSPS) is 10.4. The lowest BCUT2D eigenvalue weighted by atomic mass is 10.1. The molecule has 0 aliphatic carbocycles. The molecule has 0 aliphatic rings. The molecule has 98 valence electrons. The van der Waals surface area contributed by atoms with Crippen LogP contribution in [0.1, 0.15) is 16.1 Å². The quantitative estimate of drug-likeness (QED) is 0.682. The summed E-state index contributed by atoms with van der Waals surface area (Å²) in [6, 6.07) is 16.7. The number of benzene rings is 2. The van der Waals surface area contributed by atoms with Gasteiger partial charge in [0.1, 0.15) is 11.5 Å². The molecule has 0 amide bonds. The molecule has 20 heavy (non-hydrogen) atoms. The average molecular weight is 266 g/mol. The Morgan fingerprint density at radius 3 is 2.55 bits per heavy atom. The number of halogens is 1. The minimum atomic E-state index is -0.432. The van der Waals surface area contributed by atoms with Crippen molar-refractivity contribution < 1.29 is 9.18 Å². The van der Waals surface area contributed by atoms with Crippen LogP contribution in [0.5, 0.6) is 0 Å². The number of carbonyl (C=O) groups excluding carboxylic acids is 1. The molecule has 2 aromatic carbocycles. The van der Waals surface area contributed by atoms with Gasteiger partial charge in [-0.2, -0.15) is 5.10 Å². The van der Waals surface area contributed by atoms with Gasteiger partial charge in [0.05, 0.1) is 5.69 Å². The van der Waals surface area contributed by atoms with Crippen molar-refractivity contribution in [3.05, 3.63) is 83.9 Å². The monoisotopic (exact) mass is 266 g/mol. The summed E-state index contributed by atoms with van der Waals surface area (Å²) in [5.74, 6) is -0.725. The molecule has 4 heteroatoms. The third-order valence-electron chi connectivity index (χ3n) is 2.93. The lowest BCUT2D eigenvalue weighted by molar-refractivity contribution is 0.103. The maximum absolute atomic E-state index is 13.1. The lowest BCUT2D eigenvalue weighted by Gasteiger charge is -2.00. The predicted molar refractivity (Wildman–Crippen MR) is 73.4 cm³/mol. The van der Waals surface area contributed by atoms with Gasteiger partial charge >= 0.3 is 0 Å². The number of hydrogen-bond acceptors (Lipinski definition) is 2. The number of para-hydroxylation sites is 1. The van der Waals surface area contributed by atoms with E-state index in [1.807, 2.05) is 30.3 Å². The molecule has 0 saturated heterocycles. The van der Waals surface area contributed by atoms with Crippen molar-refractivity contribution in [3.63, 3.8) is 0 Å². The van der Waals surface area contributed by atoms with E-state index in [0.29, 0.717) is 11.3 Å².